The topological polar surface area (TPSA) is 107 Å². The quantitative estimate of drug-likeness (QED) is 0.424. The third kappa shape index (κ3) is 4.69. The number of benzene rings is 2. The van der Waals surface area contributed by atoms with E-state index < -0.39 is 17.5 Å². The van der Waals surface area contributed by atoms with Crippen molar-refractivity contribution >= 4 is 5.69 Å². The van der Waals surface area contributed by atoms with Gasteiger partial charge in [0.2, 0.25) is 0 Å². The van der Waals surface area contributed by atoms with Crippen molar-refractivity contribution in [1.82, 2.24) is 24.7 Å². The van der Waals surface area contributed by atoms with E-state index in [9.17, 15) is 4.79 Å². The molecule has 0 fully saturated rings. The molecule has 4 aromatic rings. The van der Waals surface area contributed by atoms with E-state index in [1.54, 1.807) is 13.0 Å². The minimum absolute atomic E-state index is 0.101. The fourth-order valence-electron chi connectivity index (χ4n) is 3.32. The minimum atomic E-state index is -0.852. The molecule has 0 saturated heterocycles. The van der Waals surface area contributed by atoms with Gasteiger partial charge in [-0.2, -0.15) is 0 Å². The van der Waals surface area contributed by atoms with E-state index in [1.807, 2.05) is 31.2 Å². The largest absolute Gasteiger partial charge is 0.493 e. The molecule has 0 amide bonds. The lowest BCUT2D eigenvalue weighted by molar-refractivity contribution is 0.308. The number of aromatic nitrogens is 5. The SMILES string of the molecule is CCOc1cc(F)c(C(Nc2ccc(C)cc2)c2nn(-c3ncccn3)c(=O)[nH]2)cc1OC. The van der Waals surface area contributed by atoms with Gasteiger partial charge in [0.25, 0.3) is 5.95 Å². The van der Waals surface area contributed by atoms with Crippen LogP contribution in [0.5, 0.6) is 11.5 Å². The highest BCUT2D eigenvalue weighted by Gasteiger charge is 2.26. The zero-order valence-corrected chi connectivity index (χ0v) is 18.4. The van der Waals surface area contributed by atoms with E-state index in [0.29, 0.717) is 18.0 Å². The van der Waals surface area contributed by atoms with Gasteiger partial charge in [-0.25, -0.2) is 19.2 Å². The molecular formula is C23H23FN6O3. The van der Waals surface area contributed by atoms with Crippen LogP contribution in [0.1, 0.15) is 29.9 Å². The number of H-pyrrole nitrogens is 1. The molecule has 0 bridgehead atoms. The number of ether oxygens (including phenoxy) is 2. The van der Waals surface area contributed by atoms with Crippen LogP contribution in [0.15, 0.2) is 59.7 Å². The number of nitrogens with one attached hydrogen (secondary N) is 2. The van der Waals surface area contributed by atoms with E-state index in [-0.39, 0.29) is 23.1 Å². The average molecular weight is 450 g/mol. The molecule has 170 valence electrons. The Morgan fingerprint density at radius 1 is 1.15 bits per heavy atom. The summed E-state index contributed by atoms with van der Waals surface area (Å²) in [5, 5.41) is 7.60. The molecule has 33 heavy (non-hydrogen) atoms. The first-order chi connectivity index (χ1) is 16.0. The first kappa shape index (κ1) is 22.0. The van der Waals surface area contributed by atoms with Crippen molar-refractivity contribution in [1.29, 1.82) is 0 Å². The second-order valence-electron chi connectivity index (χ2n) is 7.18. The first-order valence-electron chi connectivity index (χ1n) is 10.3. The minimum Gasteiger partial charge on any atom is -0.493 e. The van der Waals surface area contributed by atoms with Crippen molar-refractivity contribution in [2.75, 3.05) is 19.0 Å². The number of halogens is 1. The number of aryl methyl sites for hydroxylation is 1. The van der Waals surface area contributed by atoms with Crippen molar-refractivity contribution in [3.05, 3.63) is 88.1 Å². The lowest BCUT2D eigenvalue weighted by atomic mass is 10.0. The first-order valence-corrected chi connectivity index (χ1v) is 10.3. The highest BCUT2D eigenvalue weighted by molar-refractivity contribution is 5.52. The summed E-state index contributed by atoms with van der Waals surface area (Å²) in [5.74, 6) is 0.376. The van der Waals surface area contributed by atoms with Crippen molar-refractivity contribution in [2.24, 2.45) is 0 Å². The van der Waals surface area contributed by atoms with Crippen molar-refractivity contribution in [2.45, 2.75) is 19.9 Å². The van der Waals surface area contributed by atoms with Gasteiger partial charge in [-0.3, -0.25) is 4.98 Å². The third-order valence-electron chi connectivity index (χ3n) is 4.91. The molecule has 10 heteroatoms. The predicted molar refractivity (Wildman–Crippen MR) is 121 cm³/mol. The maximum atomic E-state index is 15.3. The molecule has 2 aromatic carbocycles. The van der Waals surface area contributed by atoms with Crippen LogP contribution in [-0.2, 0) is 0 Å². The second kappa shape index (κ2) is 9.51. The van der Waals surface area contributed by atoms with Crippen LogP contribution in [0.3, 0.4) is 0 Å². The Kier molecular flexibility index (Phi) is 6.34. The van der Waals surface area contributed by atoms with Gasteiger partial charge in [-0.1, -0.05) is 17.7 Å². The Bertz CT molecular complexity index is 1290. The van der Waals surface area contributed by atoms with Crippen LogP contribution in [0.2, 0.25) is 0 Å². The van der Waals surface area contributed by atoms with E-state index in [2.05, 4.69) is 25.4 Å². The van der Waals surface area contributed by atoms with Gasteiger partial charge in [0, 0.05) is 29.7 Å². The number of aromatic amines is 1. The second-order valence-corrected chi connectivity index (χ2v) is 7.18. The highest BCUT2D eigenvalue weighted by Crippen LogP contribution is 2.35. The van der Waals surface area contributed by atoms with Gasteiger partial charge >= 0.3 is 5.69 Å². The highest BCUT2D eigenvalue weighted by atomic mass is 19.1. The van der Waals surface area contributed by atoms with Crippen molar-refractivity contribution < 1.29 is 13.9 Å². The lowest BCUT2D eigenvalue weighted by Gasteiger charge is -2.20. The number of rotatable bonds is 8. The fourth-order valence-corrected chi connectivity index (χ4v) is 3.32. The molecule has 0 aliphatic carbocycles. The van der Waals surface area contributed by atoms with E-state index >= 15 is 4.39 Å². The molecule has 2 heterocycles. The molecule has 1 unspecified atom stereocenters. The van der Waals surface area contributed by atoms with Crippen molar-refractivity contribution in [3.8, 4) is 17.4 Å². The fraction of sp³-hybridized carbons (Fsp3) is 0.217. The average Bonchev–Trinajstić information content (AvgIpc) is 3.21. The van der Waals surface area contributed by atoms with Gasteiger partial charge in [0.15, 0.2) is 17.3 Å². The molecule has 0 aliphatic heterocycles. The van der Waals surface area contributed by atoms with Crippen molar-refractivity contribution in [3.63, 3.8) is 0 Å². The monoisotopic (exact) mass is 450 g/mol. The Hall–Kier alpha value is -4.21. The molecule has 0 radical (unpaired) electrons. The number of nitrogens with zero attached hydrogens (tertiary/aromatic N) is 4. The molecule has 1 atom stereocenters. The Balaban J connectivity index is 1.83. The summed E-state index contributed by atoms with van der Waals surface area (Å²) < 4.78 is 27.2. The predicted octanol–water partition coefficient (Wildman–Crippen LogP) is 3.41. The Labute approximate surface area is 189 Å². The summed E-state index contributed by atoms with van der Waals surface area (Å²) in [5.41, 5.74) is 1.45. The molecule has 0 aliphatic rings. The van der Waals surface area contributed by atoms with Crippen LogP contribution in [-0.4, -0.2) is 38.4 Å². The van der Waals surface area contributed by atoms with Crippen LogP contribution in [0, 0.1) is 12.7 Å². The summed E-state index contributed by atoms with van der Waals surface area (Å²) >= 11 is 0. The Morgan fingerprint density at radius 2 is 1.88 bits per heavy atom. The van der Waals surface area contributed by atoms with Gasteiger partial charge in [-0.05, 0) is 38.1 Å². The zero-order chi connectivity index (χ0) is 23.4. The molecular weight excluding hydrogens is 427 g/mol. The summed E-state index contributed by atoms with van der Waals surface area (Å²) in [6.07, 6.45) is 3.00. The molecule has 9 nitrogen and oxygen atoms in total. The van der Waals surface area contributed by atoms with E-state index in [1.165, 1.54) is 31.6 Å². The van der Waals surface area contributed by atoms with E-state index in [4.69, 9.17) is 9.47 Å². The normalized spacial score (nSPS) is 11.8. The number of methoxy groups -OCH3 is 1. The smallest absolute Gasteiger partial charge is 0.350 e. The molecule has 0 saturated carbocycles. The van der Waals surface area contributed by atoms with E-state index in [0.717, 1.165) is 10.2 Å². The summed E-state index contributed by atoms with van der Waals surface area (Å²) in [4.78, 5) is 23.4. The van der Waals surface area contributed by atoms with Crippen LogP contribution >= 0.6 is 0 Å². The molecule has 0 spiro atoms. The molecule has 4 rings (SSSR count). The van der Waals surface area contributed by atoms with Gasteiger partial charge in [0.1, 0.15) is 11.9 Å². The van der Waals surface area contributed by atoms with Gasteiger partial charge < -0.3 is 14.8 Å². The number of hydrogen-bond donors (Lipinski definition) is 2. The maximum absolute atomic E-state index is 15.3. The zero-order valence-electron chi connectivity index (χ0n) is 18.4. The number of hydrogen-bond acceptors (Lipinski definition) is 7. The summed E-state index contributed by atoms with van der Waals surface area (Å²) in [7, 11) is 1.48. The molecule has 2 aromatic heterocycles. The van der Waals surface area contributed by atoms with Gasteiger partial charge in [0.05, 0.1) is 13.7 Å². The summed E-state index contributed by atoms with van der Waals surface area (Å²) in [6, 6.07) is 11.1. The summed E-state index contributed by atoms with van der Waals surface area (Å²) in [6.45, 7) is 4.13. The third-order valence-corrected chi connectivity index (χ3v) is 4.91. The van der Waals surface area contributed by atoms with Crippen LogP contribution in [0.25, 0.3) is 5.95 Å². The maximum Gasteiger partial charge on any atom is 0.350 e. The van der Waals surface area contributed by atoms with Crippen LogP contribution < -0.4 is 20.5 Å². The standard InChI is InChI=1S/C23H23FN6O3/c1-4-33-19-13-17(24)16(12-18(19)32-3)20(27-15-8-6-14(2)7-9-15)21-28-23(31)30(29-21)22-25-10-5-11-26-22/h5-13,20,27H,4H2,1-3H3,(H,28,29,31). The lowest BCUT2D eigenvalue weighted by Crippen LogP contribution is -2.18. The van der Waals surface area contributed by atoms with Crippen LogP contribution in [0.4, 0.5) is 10.1 Å². The van der Waals surface area contributed by atoms with Gasteiger partial charge in [-0.15, -0.1) is 9.78 Å². The Morgan fingerprint density at radius 3 is 2.55 bits per heavy atom. The molecule has 2 N–H and O–H groups in total. The number of anilines is 1.